The zero-order chi connectivity index (χ0) is 19.3. The van der Waals surface area contributed by atoms with Gasteiger partial charge in [0.2, 0.25) is 0 Å². The summed E-state index contributed by atoms with van der Waals surface area (Å²) in [6.07, 6.45) is 7.04. The molecule has 1 amide bonds. The Hall–Kier alpha value is -1.56. The van der Waals surface area contributed by atoms with Gasteiger partial charge in [0.05, 0.1) is 6.61 Å². The van der Waals surface area contributed by atoms with Crippen LogP contribution in [-0.4, -0.2) is 38.9 Å². The molecule has 0 aromatic heterocycles. The molecule has 2 rings (SSSR count). The van der Waals surface area contributed by atoms with Crippen molar-refractivity contribution in [3.8, 4) is 5.75 Å². The fourth-order valence-corrected chi connectivity index (χ4v) is 3.33. The van der Waals surface area contributed by atoms with Gasteiger partial charge in [0.15, 0.2) is 0 Å². The summed E-state index contributed by atoms with van der Waals surface area (Å²) in [6, 6.07) is 6.76. The maximum absolute atomic E-state index is 11.9. The van der Waals surface area contributed by atoms with Gasteiger partial charge in [-0.15, -0.1) is 6.58 Å². The Bertz CT molecular complexity index is 557. The number of halogens is 1. The molecule has 0 aliphatic heterocycles. The molecule has 0 saturated heterocycles. The zero-order valence-corrected chi connectivity index (χ0v) is 16.7. The van der Waals surface area contributed by atoms with Gasteiger partial charge < -0.3 is 20.1 Å². The van der Waals surface area contributed by atoms with Gasteiger partial charge in [-0.2, -0.15) is 0 Å². The van der Waals surface area contributed by atoms with Crippen LogP contribution < -0.4 is 15.4 Å². The second-order valence-corrected chi connectivity index (χ2v) is 7.45. The van der Waals surface area contributed by atoms with Gasteiger partial charge in [0.25, 0.3) is 0 Å². The van der Waals surface area contributed by atoms with E-state index in [-0.39, 0.29) is 0 Å². The molecular weight excluding hydrogens is 364 g/mol. The molecule has 0 atom stereocenters. The first-order chi connectivity index (χ1) is 13.2. The van der Waals surface area contributed by atoms with Crippen molar-refractivity contribution in [1.29, 1.82) is 0 Å². The van der Waals surface area contributed by atoms with Gasteiger partial charge >= 0.3 is 6.09 Å². The lowest BCUT2D eigenvalue weighted by atomic mass is 9.82. The van der Waals surface area contributed by atoms with Crippen LogP contribution in [0.1, 0.15) is 32.1 Å². The summed E-state index contributed by atoms with van der Waals surface area (Å²) >= 11 is 5.82. The van der Waals surface area contributed by atoms with E-state index in [0.29, 0.717) is 29.2 Å². The lowest BCUT2D eigenvalue weighted by Crippen LogP contribution is -2.33. The second-order valence-electron chi connectivity index (χ2n) is 7.01. The van der Waals surface area contributed by atoms with Gasteiger partial charge in [-0.1, -0.05) is 17.7 Å². The van der Waals surface area contributed by atoms with Gasteiger partial charge in [0, 0.05) is 24.7 Å². The summed E-state index contributed by atoms with van der Waals surface area (Å²) in [4.78, 5) is 11.9. The highest BCUT2D eigenvalue weighted by Crippen LogP contribution is 2.28. The summed E-state index contributed by atoms with van der Waals surface area (Å²) < 4.78 is 11.0. The molecule has 1 saturated carbocycles. The molecule has 6 heteroatoms. The lowest BCUT2D eigenvalue weighted by molar-refractivity contribution is 0.0793. The number of hydrogen-bond donors (Lipinski definition) is 2. The quantitative estimate of drug-likeness (QED) is 0.431. The molecule has 1 aromatic carbocycles. The Morgan fingerprint density at radius 1 is 1.15 bits per heavy atom. The van der Waals surface area contributed by atoms with E-state index >= 15 is 0 Å². The molecule has 0 unspecified atom stereocenters. The molecule has 1 aromatic rings. The third-order valence-corrected chi connectivity index (χ3v) is 5.08. The van der Waals surface area contributed by atoms with Crippen molar-refractivity contribution >= 4 is 17.7 Å². The predicted octanol–water partition coefficient (Wildman–Crippen LogP) is 4.42. The minimum absolute atomic E-state index is 0.410. The van der Waals surface area contributed by atoms with Crippen LogP contribution in [0, 0.1) is 11.8 Å². The van der Waals surface area contributed by atoms with Crippen molar-refractivity contribution in [3.63, 3.8) is 0 Å². The Morgan fingerprint density at radius 2 is 1.85 bits per heavy atom. The lowest BCUT2D eigenvalue weighted by Gasteiger charge is -2.28. The van der Waals surface area contributed by atoms with E-state index in [9.17, 15) is 4.79 Å². The Morgan fingerprint density at radius 3 is 2.56 bits per heavy atom. The number of carbonyl (C=O) groups excluding carboxylic acids is 1. The van der Waals surface area contributed by atoms with E-state index in [1.165, 1.54) is 0 Å². The topological polar surface area (TPSA) is 59.6 Å². The molecule has 27 heavy (non-hydrogen) atoms. The van der Waals surface area contributed by atoms with Crippen molar-refractivity contribution in [2.45, 2.75) is 32.1 Å². The molecule has 1 aliphatic carbocycles. The van der Waals surface area contributed by atoms with Crippen molar-refractivity contribution < 1.29 is 14.3 Å². The summed E-state index contributed by atoms with van der Waals surface area (Å²) in [5.74, 6) is 1.65. The normalized spacial score (nSPS) is 19.4. The third-order valence-electron chi connectivity index (χ3n) is 4.83. The van der Waals surface area contributed by atoms with Crippen LogP contribution in [0.3, 0.4) is 0 Å². The van der Waals surface area contributed by atoms with Crippen molar-refractivity contribution in [3.05, 3.63) is 41.9 Å². The fraction of sp³-hybridized carbons (Fsp3) is 0.571. The number of nitrogens with one attached hydrogen (secondary N) is 2. The zero-order valence-electron chi connectivity index (χ0n) is 15.9. The standard InChI is InChI=1S/C21H31ClN2O3/c1-2-3-12-23-13-14-26-16-18-6-4-17(5-7-18)15-24-21(25)27-20-10-8-19(22)9-11-20/h2,8-11,17-18,23H,1,3-7,12-16H2,(H,24,25)/t17-,18-. The number of hydrogen-bond acceptors (Lipinski definition) is 4. The van der Waals surface area contributed by atoms with E-state index in [4.69, 9.17) is 21.1 Å². The van der Waals surface area contributed by atoms with E-state index in [1.54, 1.807) is 24.3 Å². The first-order valence-electron chi connectivity index (χ1n) is 9.78. The van der Waals surface area contributed by atoms with Gasteiger partial charge in [-0.25, -0.2) is 4.79 Å². The summed E-state index contributed by atoms with van der Waals surface area (Å²) in [5, 5.41) is 6.81. The maximum Gasteiger partial charge on any atom is 0.412 e. The van der Waals surface area contributed by atoms with Crippen molar-refractivity contribution in [2.24, 2.45) is 11.8 Å². The largest absolute Gasteiger partial charge is 0.412 e. The van der Waals surface area contributed by atoms with Crippen LogP contribution in [0.4, 0.5) is 4.79 Å². The highest BCUT2D eigenvalue weighted by molar-refractivity contribution is 6.30. The molecule has 1 aliphatic rings. The van der Waals surface area contributed by atoms with Crippen LogP contribution in [0.5, 0.6) is 5.75 Å². The molecule has 0 spiro atoms. The predicted molar refractivity (Wildman–Crippen MR) is 109 cm³/mol. The summed E-state index contributed by atoms with van der Waals surface area (Å²) in [7, 11) is 0. The smallest absolute Gasteiger partial charge is 0.410 e. The average Bonchev–Trinajstić information content (AvgIpc) is 2.68. The molecule has 150 valence electrons. The third kappa shape index (κ3) is 9.27. The van der Waals surface area contributed by atoms with E-state index in [2.05, 4.69) is 17.2 Å². The number of benzene rings is 1. The van der Waals surface area contributed by atoms with Gasteiger partial charge in [-0.05, 0) is 74.8 Å². The fourth-order valence-electron chi connectivity index (χ4n) is 3.20. The Labute approximate surface area is 167 Å². The molecular formula is C21H31ClN2O3. The maximum atomic E-state index is 11.9. The number of amides is 1. The van der Waals surface area contributed by atoms with Crippen LogP contribution in [0.25, 0.3) is 0 Å². The summed E-state index contributed by atoms with van der Waals surface area (Å²) in [6.45, 7) is 7.81. The van der Waals surface area contributed by atoms with Crippen LogP contribution >= 0.6 is 11.6 Å². The minimum Gasteiger partial charge on any atom is -0.410 e. The van der Waals surface area contributed by atoms with Crippen LogP contribution in [0.15, 0.2) is 36.9 Å². The van der Waals surface area contributed by atoms with Crippen LogP contribution in [-0.2, 0) is 4.74 Å². The first-order valence-corrected chi connectivity index (χ1v) is 10.2. The second kappa shape index (κ2) is 12.8. The molecule has 5 nitrogen and oxygen atoms in total. The SMILES string of the molecule is C=CCCNCCOC[C@H]1CC[C@H](CNC(=O)Oc2ccc(Cl)cc2)CC1. The number of carbonyl (C=O) groups is 1. The summed E-state index contributed by atoms with van der Waals surface area (Å²) in [5.41, 5.74) is 0. The molecule has 0 radical (unpaired) electrons. The molecule has 1 fully saturated rings. The van der Waals surface area contributed by atoms with E-state index in [0.717, 1.165) is 58.4 Å². The monoisotopic (exact) mass is 394 g/mol. The van der Waals surface area contributed by atoms with E-state index < -0.39 is 6.09 Å². The van der Waals surface area contributed by atoms with Crippen molar-refractivity contribution in [1.82, 2.24) is 10.6 Å². The van der Waals surface area contributed by atoms with Gasteiger partial charge in [-0.3, -0.25) is 0 Å². The van der Waals surface area contributed by atoms with Crippen molar-refractivity contribution in [2.75, 3.05) is 32.8 Å². The van der Waals surface area contributed by atoms with E-state index in [1.807, 2.05) is 6.08 Å². The molecule has 0 bridgehead atoms. The van der Waals surface area contributed by atoms with Gasteiger partial charge in [0.1, 0.15) is 5.75 Å². The highest BCUT2D eigenvalue weighted by Gasteiger charge is 2.22. The Kier molecular flexibility index (Phi) is 10.3. The molecule has 0 heterocycles. The molecule has 2 N–H and O–H groups in total. The highest BCUT2D eigenvalue weighted by atomic mass is 35.5. The number of rotatable bonds is 11. The Balaban J connectivity index is 1.51. The number of ether oxygens (including phenoxy) is 2. The first kappa shape index (κ1) is 21.7. The average molecular weight is 395 g/mol. The minimum atomic E-state index is -0.410. The van der Waals surface area contributed by atoms with Crippen LogP contribution in [0.2, 0.25) is 5.02 Å².